The second-order valence-corrected chi connectivity index (χ2v) is 5.93. The SMILES string of the molecule is O=C(O)C1(C/C=C/Cl)CCS(=O)(=O)C1. The molecule has 0 aromatic rings. The van der Waals surface area contributed by atoms with Gasteiger partial charge in [0.2, 0.25) is 0 Å². The summed E-state index contributed by atoms with van der Waals surface area (Å²) in [6.45, 7) is 0. The highest BCUT2D eigenvalue weighted by atomic mass is 35.5. The van der Waals surface area contributed by atoms with Gasteiger partial charge in [-0.1, -0.05) is 17.7 Å². The quantitative estimate of drug-likeness (QED) is 0.797. The molecule has 1 unspecified atom stereocenters. The fourth-order valence-corrected chi connectivity index (χ4v) is 3.77. The molecule has 0 amide bonds. The summed E-state index contributed by atoms with van der Waals surface area (Å²) in [4.78, 5) is 11.0. The first-order valence-corrected chi connectivity index (χ1v) is 6.37. The molecule has 1 fully saturated rings. The predicted octanol–water partition coefficient (Wildman–Crippen LogP) is 1.02. The summed E-state index contributed by atoms with van der Waals surface area (Å²) in [5.74, 6) is -1.39. The minimum absolute atomic E-state index is 0.0462. The maximum atomic E-state index is 11.2. The van der Waals surface area contributed by atoms with Gasteiger partial charge in [-0.3, -0.25) is 4.79 Å². The smallest absolute Gasteiger partial charge is 0.311 e. The van der Waals surface area contributed by atoms with Crippen LogP contribution in [0.5, 0.6) is 0 Å². The lowest BCUT2D eigenvalue weighted by molar-refractivity contribution is -0.147. The van der Waals surface area contributed by atoms with Crippen molar-refractivity contribution in [3.63, 3.8) is 0 Å². The van der Waals surface area contributed by atoms with Crippen LogP contribution in [0.4, 0.5) is 0 Å². The third-order valence-electron chi connectivity index (χ3n) is 2.44. The number of carboxylic acids is 1. The second-order valence-electron chi connectivity index (χ2n) is 3.49. The Balaban J connectivity index is 2.91. The van der Waals surface area contributed by atoms with Gasteiger partial charge < -0.3 is 5.11 Å². The summed E-state index contributed by atoms with van der Waals surface area (Å²) < 4.78 is 22.4. The molecule has 1 rings (SSSR count). The van der Waals surface area contributed by atoms with Crippen molar-refractivity contribution in [2.24, 2.45) is 5.41 Å². The molecule has 0 aromatic heterocycles. The fourth-order valence-electron chi connectivity index (χ4n) is 1.60. The molecule has 6 heteroatoms. The number of halogens is 1. The molecule has 1 aliphatic rings. The predicted molar refractivity (Wildman–Crippen MR) is 52.9 cm³/mol. The molecule has 80 valence electrons. The van der Waals surface area contributed by atoms with Gasteiger partial charge in [0.1, 0.15) is 0 Å². The van der Waals surface area contributed by atoms with E-state index in [0.717, 1.165) is 0 Å². The number of hydrogen-bond donors (Lipinski definition) is 1. The van der Waals surface area contributed by atoms with Gasteiger partial charge >= 0.3 is 5.97 Å². The fraction of sp³-hybridized carbons (Fsp3) is 0.625. The Kier molecular flexibility index (Phi) is 3.21. The van der Waals surface area contributed by atoms with Crippen LogP contribution in [0.3, 0.4) is 0 Å². The van der Waals surface area contributed by atoms with Gasteiger partial charge in [0.05, 0.1) is 16.9 Å². The molecule has 1 aliphatic heterocycles. The van der Waals surface area contributed by atoms with E-state index in [4.69, 9.17) is 16.7 Å². The number of allylic oxidation sites excluding steroid dienone is 1. The number of hydrogen-bond acceptors (Lipinski definition) is 3. The molecule has 14 heavy (non-hydrogen) atoms. The van der Waals surface area contributed by atoms with Crippen molar-refractivity contribution in [2.75, 3.05) is 11.5 Å². The Labute approximate surface area is 87.5 Å². The van der Waals surface area contributed by atoms with E-state index < -0.39 is 21.2 Å². The largest absolute Gasteiger partial charge is 0.481 e. The Bertz CT molecular complexity index is 360. The molecule has 1 heterocycles. The molecule has 0 bridgehead atoms. The molecule has 0 spiro atoms. The normalized spacial score (nSPS) is 30.9. The summed E-state index contributed by atoms with van der Waals surface area (Å²) in [5.41, 5.74) is 0.0554. The summed E-state index contributed by atoms with van der Waals surface area (Å²) >= 11 is 5.29. The third kappa shape index (κ3) is 2.27. The summed E-state index contributed by atoms with van der Waals surface area (Å²) in [5, 5.41) is 8.98. The first-order chi connectivity index (χ1) is 6.42. The lowest BCUT2D eigenvalue weighted by Gasteiger charge is -2.19. The first kappa shape index (κ1) is 11.5. The monoisotopic (exact) mass is 238 g/mol. The number of carbonyl (C=O) groups is 1. The highest BCUT2D eigenvalue weighted by molar-refractivity contribution is 7.91. The zero-order valence-corrected chi connectivity index (χ0v) is 9.01. The van der Waals surface area contributed by atoms with Crippen LogP contribution in [-0.2, 0) is 14.6 Å². The highest BCUT2D eigenvalue weighted by Crippen LogP contribution is 2.36. The molecule has 0 radical (unpaired) electrons. The van der Waals surface area contributed by atoms with E-state index in [1.807, 2.05) is 0 Å². The maximum Gasteiger partial charge on any atom is 0.311 e. The topological polar surface area (TPSA) is 71.4 Å². The Morgan fingerprint density at radius 1 is 1.57 bits per heavy atom. The van der Waals surface area contributed by atoms with Crippen molar-refractivity contribution >= 4 is 27.4 Å². The van der Waals surface area contributed by atoms with Crippen LogP contribution < -0.4 is 0 Å². The van der Waals surface area contributed by atoms with E-state index in [0.29, 0.717) is 0 Å². The van der Waals surface area contributed by atoms with Crippen LogP contribution in [0.25, 0.3) is 0 Å². The van der Waals surface area contributed by atoms with E-state index in [9.17, 15) is 13.2 Å². The summed E-state index contributed by atoms with van der Waals surface area (Å²) in [6, 6.07) is 0. The van der Waals surface area contributed by atoms with E-state index in [1.54, 1.807) is 0 Å². The second kappa shape index (κ2) is 3.90. The Hall–Kier alpha value is -0.550. The van der Waals surface area contributed by atoms with Crippen LogP contribution >= 0.6 is 11.6 Å². The first-order valence-electron chi connectivity index (χ1n) is 4.11. The zero-order chi connectivity index (χ0) is 10.8. The molecular weight excluding hydrogens is 228 g/mol. The van der Waals surface area contributed by atoms with Crippen LogP contribution in [0, 0.1) is 5.41 Å². The van der Waals surface area contributed by atoms with Gasteiger partial charge in [-0.15, -0.1) is 0 Å². The van der Waals surface area contributed by atoms with Gasteiger partial charge in [-0.2, -0.15) is 0 Å². The lowest BCUT2D eigenvalue weighted by Crippen LogP contribution is -2.31. The highest BCUT2D eigenvalue weighted by Gasteiger charge is 2.47. The van der Waals surface area contributed by atoms with Crippen LogP contribution in [0.2, 0.25) is 0 Å². The zero-order valence-electron chi connectivity index (χ0n) is 7.44. The van der Waals surface area contributed by atoms with Crippen molar-refractivity contribution in [3.05, 3.63) is 11.6 Å². The molecule has 1 saturated heterocycles. The van der Waals surface area contributed by atoms with Crippen LogP contribution in [0.15, 0.2) is 11.6 Å². The molecule has 0 aliphatic carbocycles. The van der Waals surface area contributed by atoms with Crippen LogP contribution in [0.1, 0.15) is 12.8 Å². The number of rotatable bonds is 3. The lowest BCUT2D eigenvalue weighted by atomic mass is 9.84. The van der Waals surface area contributed by atoms with Crippen molar-refractivity contribution in [3.8, 4) is 0 Å². The van der Waals surface area contributed by atoms with E-state index in [-0.39, 0.29) is 24.3 Å². The average Bonchev–Trinajstić information content (AvgIpc) is 2.40. The number of carboxylic acid groups (broad SMARTS) is 1. The summed E-state index contributed by atoms with van der Waals surface area (Å²) in [6.07, 6.45) is 1.83. The van der Waals surface area contributed by atoms with Crippen LogP contribution in [-0.4, -0.2) is 31.0 Å². The molecular formula is C8H11ClO4S. The average molecular weight is 239 g/mol. The molecule has 0 aromatic carbocycles. The summed E-state index contributed by atoms with van der Waals surface area (Å²) in [7, 11) is -3.19. The van der Waals surface area contributed by atoms with E-state index in [2.05, 4.69) is 0 Å². The van der Waals surface area contributed by atoms with Crippen molar-refractivity contribution in [1.29, 1.82) is 0 Å². The Morgan fingerprint density at radius 3 is 2.57 bits per heavy atom. The molecule has 1 atom stereocenters. The maximum absolute atomic E-state index is 11.2. The molecule has 1 N–H and O–H groups in total. The van der Waals surface area contributed by atoms with E-state index >= 15 is 0 Å². The standard InChI is InChI=1S/C8H11ClO4S/c9-4-1-2-8(7(10)11)3-5-14(12,13)6-8/h1,4H,2-3,5-6H2,(H,10,11)/b4-1+. The number of sulfone groups is 1. The van der Waals surface area contributed by atoms with Gasteiger partial charge in [0, 0.05) is 5.54 Å². The van der Waals surface area contributed by atoms with E-state index in [1.165, 1.54) is 11.6 Å². The van der Waals surface area contributed by atoms with Crippen molar-refractivity contribution in [2.45, 2.75) is 12.8 Å². The molecule has 0 saturated carbocycles. The van der Waals surface area contributed by atoms with Crippen molar-refractivity contribution in [1.82, 2.24) is 0 Å². The van der Waals surface area contributed by atoms with Gasteiger partial charge in [0.25, 0.3) is 0 Å². The minimum Gasteiger partial charge on any atom is -0.481 e. The van der Waals surface area contributed by atoms with Gasteiger partial charge in [-0.05, 0) is 12.8 Å². The minimum atomic E-state index is -3.19. The third-order valence-corrected chi connectivity index (χ3v) is 4.44. The van der Waals surface area contributed by atoms with Gasteiger partial charge in [-0.25, -0.2) is 8.42 Å². The molecule has 4 nitrogen and oxygen atoms in total. The number of aliphatic carboxylic acids is 1. The van der Waals surface area contributed by atoms with Gasteiger partial charge in [0.15, 0.2) is 9.84 Å². The van der Waals surface area contributed by atoms with Crippen molar-refractivity contribution < 1.29 is 18.3 Å². The Morgan fingerprint density at radius 2 is 2.21 bits per heavy atom.